The van der Waals surface area contributed by atoms with Gasteiger partial charge >= 0.3 is 0 Å². The molecule has 322 valence electrons. The molecule has 0 spiro atoms. The number of nitrogens with zero attached hydrogens (tertiary/aromatic N) is 6. The maximum Gasteiger partial charge on any atom is 0.162 e. The Kier molecular flexibility index (Phi) is 10.5. The van der Waals surface area contributed by atoms with E-state index < -0.39 is 0 Å². The van der Waals surface area contributed by atoms with Crippen LogP contribution in [0.25, 0.3) is 118 Å². The van der Waals surface area contributed by atoms with E-state index in [0.717, 1.165) is 94.6 Å². The van der Waals surface area contributed by atoms with Crippen molar-refractivity contribution in [1.29, 1.82) is 5.26 Å². The predicted octanol–water partition coefficient (Wildman–Crippen LogP) is 15.6. The topological polar surface area (TPSA) is 80.3 Å². The van der Waals surface area contributed by atoms with Gasteiger partial charge < -0.3 is 4.57 Å². The Balaban J connectivity index is 1.26. The van der Waals surface area contributed by atoms with E-state index >= 15 is 0 Å². The highest BCUT2D eigenvalue weighted by Gasteiger charge is 2.26. The smallest absolute Gasteiger partial charge is 0.162 e. The van der Waals surface area contributed by atoms with E-state index in [1.807, 2.05) is 121 Å². The highest BCUT2D eigenvalue weighted by atomic mass is 15.0. The van der Waals surface area contributed by atoms with Crippen LogP contribution < -0.4 is 0 Å². The second-order valence-electron chi connectivity index (χ2n) is 17.0. The van der Waals surface area contributed by atoms with Gasteiger partial charge in [-0.25, -0.2) is 19.9 Å². The quantitative estimate of drug-likeness (QED) is 0.144. The highest BCUT2D eigenvalue weighted by molar-refractivity contribution is 6.12. The fraction of sp³-hybridized carbons (Fsp3) is 0. The fourth-order valence-corrected chi connectivity index (χ4v) is 9.33. The first-order chi connectivity index (χ1) is 34.1. The maximum atomic E-state index is 11.1. The lowest BCUT2D eigenvalue weighted by atomic mass is 9.97. The van der Waals surface area contributed by atoms with E-state index in [1.165, 1.54) is 0 Å². The second kappa shape index (κ2) is 17.7. The van der Waals surface area contributed by atoms with E-state index in [1.54, 1.807) is 0 Å². The zero-order chi connectivity index (χ0) is 46.1. The Bertz CT molecular complexity index is 3510. The lowest BCUT2D eigenvalue weighted by Gasteiger charge is -2.20. The Labute approximate surface area is 399 Å². The summed E-state index contributed by atoms with van der Waals surface area (Å²) in [5, 5.41) is 13.2. The molecular formula is C63H40N6. The maximum absolute atomic E-state index is 11.1. The molecule has 6 heteroatoms. The molecule has 12 rings (SSSR count). The van der Waals surface area contributed by atoms with Gasteiger partial charge in [-0.05, 0) is 58.7 Å². The van der Waals surface area contributed by atoms with Crippen LogP contribution in [0.4, 0.5) is 0 Å². The minimum absolute atomic E-state index is 0.440. The summed E-state index contributed by atoms with van der Waals surface area (Å²) >= 11 is 0. The lowest BCUT2D eigenvalue weighted by Crippen LogP contribution is -2.06. The van der Waals surface area contributed by atoms with Gasteiger partial charge in [-0.2, -0.15) is 5.26 Å². The largest absolute Gasteiger partial charge is 0.308 e. The van der Waals surface area contributed by atoms with Crippen LogP contribution in [0.2, 0.25) is 0 Å². The third-order valence-electron chi connectivity index (χ3n) is 12.7. The minimum atomic E-state index is 0.440. The van der Waals surface area contributed by atoms with Crippen LogP contribution >= 0.6 is 0 Å². The molecule has 0 saturated heterocycles. The van der Waals surface area contributed by atoms with Crippen molar-refractivity contribution < 1.29 is 0 Å². The molecule has 0 radical (unpaired) electrons. The summed E-state index contributed by atoms with van der Waals surface area (Å²) in [7, 11) is 0. The number of aromatic nitrogens is 5. The Morgan fingerprint density at radius 1 is 0.304 bits per heavy atom. The Morgan fingerprint density at radius 3 is 1.10 bits per heavy atom. The van der Waals surface area contributed by atoms with Gasteiger partial charge in [0.2, 0.25) is 0 Å². The molecule has 0 atom stereocenters. The van der Waals surface area contributed by atoms with Crippen molar-refractivity contribution in [2.24, 2.45) is 0 Å². The molecule has 0 unspecified atom stereocenters. The zero-order valence-corrected chi connectivity index (χ0v) is 37.3. The van der Waals surface area contributed by atoms with Crippen molar-refractivity contribution in [3.63, 3.8) is 0 Å². The average molecular weight is 881 g/mol. The zero-order valence-electron chi connectivity index (χ0n) is 37.3. The first-order valence-electron chi connectivity index (χ1n) is 22.9. The van der Waals surface area contributed by atoms with Crippen molar-refractivity contribution >= 4 is 21.8 Å². The van der Waals surface area contributed by atoms with E-state index in [4.69, 9.17) is 19.9 Å². The summed E-state index contributed by atoms with van der Waals surface area (Å²) in [6.45, 7) is 0. The van der Waals surface area contributed by atoms with Gasteiger partial charge in [0, 0.05) is 44.2 Å². The van der Waals surface area contributed by atoms with Crippen LogP contribution in [0.1, 0.15) is 5.56 Å². The predicted molar refractivity (Wildman–Crippen MR) is 280 cm³/mol. The lowest BCUT2D eigenvalue weighted by molar-refractivity contribution is 1.13. The van der Waals surface area contributed by atoms with Gasteiger partial charge in [-0.3, -0.25) is 0 Å². The van der Waals surface area contributed by atoms with Crippen LogP contribution in [-0.2, 0) is 0 Å². The number of nitriles is 1. The molecule has 0 aliphatic rings. The summed E-state index contributed by atoms with van der Waals surface area (Å²) in [5.41, 5.74) is 15.6. The van der Waals surface area contributed by atoms with Crippen LogP contribution in [0, 0.1) is 11.3 Å². The molecule has 0 amide bonds. The molecular weight excluding hydrogens is 841 g/mol. The van der Waals surface area contributed by atoms with Crippen molar-refractivity contribution in [3.05, 3.63) is 248 Å². The molecule has 6 nitrogen and oxygen atoms in total. The van der Waals surface area contributed by atoms with Gasteiger partial charge in [0.05, 0.1) is 51.1 Å². The number of hydrogen-bond acceptors (Lipinski definition) is 5. The monoisotopic (exact) mass is 880 g/mol. The fourth-order valence-electron chi connectivity index (χ4n) is 9.33. The number of hydrogen-bond donors (Lipinski definition) is 0. The van der Waals surface area contributed by atoms with Gasteiger partial charge in [-0.1, -0.05) is 206 Å². The Hall–Kier alpha value is -9.57. The first-order valence-corrected chi connectivity index (χ1v) is 22.9. The van der Waals surface area contributed by atoms with E-state index in [-0.39, 0.29) is 0 Å². The standard InChI is InChI=1S/C63H40N6/c64-41-42-35-53(58-40-57(47-27-15-5-16-28-47)65-62(68-58)48-29-17-6-18-30-48)61(54(36-42)63-66-55(45-23-11-3-12-24-45)39-56(67-63)46-25-13-4-14-26-46)69-59-37-49(43-19-7-1-8-20-43)31-33-51(59)52-34-32-50(38-60(52)69)44-21-9-2-10-22-44/h1-40H. The van der Waals surface area contributed by atoms with Crippen LogP contribution in [0.3, 0.4) is 0 Å². The molecule has 0 aliphatic carbocycles. The Morgan fingerprint density at radius 2 is 0.667 bits per heavy atom. The second-order valence-corrected chi connectivity index (χ2v) is 17.0. The average Bonchev–Trinajstić information content (AvgIpc) is 3.76. The van der Waals surface area contributed by atoms with Crippen molar-refractivity contribution in [1.82, 2.24) is 24.5 Å². The third-order valence-corrected chi connectivity index (χ3v) is 12.7. The molecule has 69 heavy (non-hydrogen) atoms. The summed E-state index contributed by atoms with van der Waals surface area (Å²) in [6, 6.07) is 85.5. The summed E-state index contributed by atoms with van der Waals surface area (Å²) in [4.78, 5) is 21.5. The van der Waals surface area contributed by atoms with Crippen molar-refractivity contribution in [2.45, 2.75) is 0 Å². The third kappa shape index (κ3) is 7.80. The van der Waals surface area contributed by atoms with Gasteiger partial charge in [-0.15, -0.1) is 0 Å². The van der Waals surface area contributed by atoms with Crippen LogP contribution in [-0.4, -0.2) is 24.5 Å². The number of fused-ring (bicyclic) bond motifs is 3. The SMILES string of the molecule is N#Cc1cc(-c2cc(-c3ccccc3)nc(-c3ccccc3)n2)c(-n2c3cc(-c4ccccc4)ccc3c3ccc(-c4ccccc4)cc32)c(-c2nc(-c3ccccc3)cc(-c3ccccc3)n2)c1. The molecule has 0 bridgehead atoms. The molecule has 0 N–H and O–H groups in total. The molecule has 0 saturated carbocycles. The van der Waals surface area contributed by atoms with Gasteiger partial charge in [0.15, 0.2) is 11.6 Å². The summed E-state index contributed by atoms with van der Waals surface area (Å²) < 4.78 is 2.35. The molecule has 0 fully saturated rings. The normalized spacial score (nSPS) is 11.2. The highest BCUT2D eigenvalue weighted by Crippen LogP contribution is 2.44. The van der Waals surface area contributed by atoms with Gasteiger partial charge in [0.1, 0.15) is 0 Å². The van der Waals surface area contributed by atoms with Crippen LogP contribution in [0.15, 0.2) is 243 Å². The van der Waals surface area contributed by atoms with Gasteiger partial charge in [0.25, 0.3) is 0 Å². The molecule has 12 aromatic rings. The first kappa shape index (κ1) is 40.9. The molecule has 3 aromatic heterocycles. The number of rotatable bonds is 9. The molecule has 3 heterocycles. The van der Waals surface area contributed by atoms with Crippen molar-refractivity contribution in [3.8, 4) is 102 Å². The summed E-state index contributed by atoms with van der Waals surface area (Å²) in [5.74, 6) is 1.04. The van der Waals surface area contributed by atoms with E-state index in [9.17, 15) is 5.26 Å². The molecule has 9 aromatic carbocycles. The van der Waals surface area contributed by atoms with E-state index in [0.29, 0.717) is 28.5 Å². The summed E-state index contributed by atoms with van der Waals surface area (Å²) in [6.07, 6.45) is 0. The van der Waals surface area contributed by atoms with Crippen molar-refractivity contribution in [2.75, 3.05) is 0 Å². The van der Waals surface area contributed by atoms with E-state index in [2.05, 4.69) is 132 Å². The number of benzene rings is 9. The molecule has 0 aliphatic heterocycles. The minimum Gasteiger partial charge on any atom is -0.308 e. The van der Waals surface area contributed by atoms with Crippen LogP contribution in [0.5, 0.6) is 0 Å².